The lowest BCUT2D eigenvalue weighted by Crippen LogP contribution is -2.36. The quantitative estimate of drug-likeness (QED) is 0.268. The van der Waals surface area contributed by atoms with Crippen molar-refractivity contribution in [1.29, 1.82) is 0 Å². The molecule has 1 saturated heterocycles. The van der Waals surface area contributed by atoms with Crippen LogP contribution in [0.1, 0.15) is 11.1 Å². The number of amides is 3. The number of rotatable bonds is 9. The molecule has 0 spiro atoms. The average molecular weight is 636 g/mol. The Bertz CT molecular complexity index is 1480. The SMILES string of the molecule is COc1ccc(NC(=O)CN2C(=O)S/C(=C/c3cc(Br)c(OCc4cccc(F)c4)c(OC)c3)C2=O)cc1Cl. The summed E-state index contributed by atoms with van der Waals surface area (Å²) in [7, 11) is 2.93. The molecular weight excluding hydrogens is 615 g/mol. The summed E-state index contributed by atoms with van der Waals surface area (Å²) in [5, 5.41) is 2.34. The lowest BCUT2D eigenvalue weighted by molar-refractivity contribution is -0.127. The van der Waals surface area contributed by atoms with Gasteiger partial charge in [0.1, 0.15) is 24.7 Å². The lowest BCUT2D eigenvalue weighted by atomic mass is 10.1. The molecule has 1 heterocycles. The predicted molar refractivity (Wildman–Crippen MR) is 151 cm³/mol. The first-order chi connectivity index (χ1) is 18.7. The summed E-state index contributed by atoms with van der Waals surface area (Å²) in [5.41, 5.74) is 1.59. The normalized spacial score (nSPS) is 14.1. The van der Waals surface area contributed by atoms with Crippen molar-refractivity contribution >= 4 is 68.1 Å². The van der Waals surface area contributed by atoms with Crippen LogP contribution in [0, 0.1) is 5.82 Å². The van der Waals surface area contributed by atoms with Gasteiger partial charge < -0.3 is 19.5 Å². The number of nitrogens with zero attached hydrogens (tertiary/aromatic N) is 1. The van der Waals surface area contributed by atoms with Crippen LogP contribution in [0.2, 0.25) is 5.02 Å². The van der Waals surface area contributed by atoms with Gasteiger partial charge in [0, 0.05) is 5.69 Å². The molecule has 0 unspecified atom stereocenters. The van der Waals surface area contributed by atoms with Crippen LogP contribution in [0.15, 0.2) is 64.0 Å². The number of nitrogens with one attached hydrogen (secondary N) is 1. The van der Waals surface area contributed by atoms with Gasteiger partial charge in [-0.3, -0.25) is 19.3 Å². The van der Waals surface area contributed by atoms with Crippen LogP contribution in [0.25, 0.3) is 6.08 Å². The van der Waals surface area contributed by atoms with E-state index < -0.39 is 23.6 Å². The van der Waals surface area contributed by atoms with Crippen LogP contribution in [-0.2, 0) is 16.2 Å². The van der Waals surface area contributed by atoms with Crippen molar-refractivity contribution in [3.63, 3.8) is 0 Å². The molecule has 8 nitrogen and oxygen atoms in total. The van der Waals surface area contributed by atoms with Crippen LogP contribution < -0.4 is 19.5 Å². The summed E-state index contributed by atoms with van der Waals surface area (Å²) in [4.78, 5) is 39.0. The molecule has 0 aliphatic carbocycles. The first kappa shape index (κ1) is 28.5. The Balaban J connectivity index is 1.45. The van der Waals surface area contributed by atoms with E-state index in [0.29, 0.717) is 43.6 Å². The zero-order valence-electron chi connectivity index (χ0n) is 20.6. The van der Waals surface area contributed by atoms with E-state index in [1.807, 2.05) is 0 Å². The molecule has 4 rings (SSSR count). The van der Waals surface area contributed by atoms with Gasteiger partial charge >= 0.3 is 0 Å². The molecule has 0 atom stereocenters. The number of ether oxygens (including phenoxy) is 3. The minimum Gasteiger partial charge on any atom is -0.495 e. The lowest BCUT2D eigenvalue weighted by Gasteiger charge is -2.14. The maximum Gasteiger partial charge on any atom is 0.294 e. The molecule has 12 heteroatoms. The Morgan fingerprint density at radius 1 is 1.10 bits per heavy atom. The number of benzene rings is 3. The maximum atomic E-state index is 13.5. The van der Waals surface area contributed by atoms with E-state index >= 15 is 0 Å². The van der Waals surface area contributed by atoms with Gasteiger partial charge in [-0.1, -0.05) is 23.7 Å². The molecule has 39 heavy (non-hydrogen) atoms. The number of halogens is 3. The van der Waals surface area contributed by atoms with Gasteiger partial charge in [0.2, 0.25) is 5.91 Å². The van der Waals surface area contributed by atoms with Crippen LogP contribution in [-0.4, -0.2) is 42.7 Å². The molecule has 0 aromatic heterocycles. The molecule has 0 bridgehead atoms. The first-order valence-corrected chi connectivity index (χ1v) is 13.3. The van der Waals surface area contributed by atoms with Crippen LogP contribution in [0.5, 0.6) is 17.2 Å². The number of hydrogen-bond donors (Lipinski definition) is 1. The fourth-order valence-corrected chi connectivity index (χ4v) is 5.29. The second kappa shape index (κ2) is 12.5. The van der Waals surface area contributed by atoms with Gasteiger partial charge in [-0.15, -0.1) is 0 Å². The average Bonchev–Trinajstić information content (AvgIpc) is 3.15. The molecule has 3 aromatic rings. The number of anilines is 1. The highest BCUT2D eigenvalue weighted by Crippen LogP contribution is 2.39. The number of carbonyl (C=O) groups excluding carboxylic acids is 3. The molecule has 0 radical (unpaired) electrons. The third-order valence-electron chi connectivity index (χ3n) is 5.43. The van der Waals surface area contributed by atoms with Crippen LogP contribution in [0.3, 0.4) is 0 Å². The summed E-state index contributed by atoms with van der Waals surface area (Å²) in [6, 6.07) is 14.1. The van der Waals surface area contributed by atoms with Crippen molar-refractivity contribution in [1.82, 2.24) is 4.90 Å². The topological polar surface area (TPSA) is 94.2 Å². The monoisotopic (exact) mass is 634 g/mol. The summed E-state index contributed by atoms with van der Waals surface area (Å²) in [6.45, 7) is -0.360. The van der Waals surface area contributed by atoms with Gasteiger partial charge in [0.15, 0.2) is 11.5 Å². The van der Waals surface area contributed by atoms with Gasteiger partial charge in [-0.25, -0.2) is 4.39 Å². The summed E-state index contributed by atoms with van der Waals surface area (Å²) >= 11 is 10.2. The Labute approximate surface area is 241 Å². The molecule has 1 aliphatic heterocycles. The Morgan fingerprint density at radius 3 is 2.56 bits per heavy atom. The Kier molecular flexibility index (Phi) is 9.16. The number of thioether (sulfide) groups is 1. The molecule has 1 fully saturated rings. The second-order valence-corrected chi connectivity index (χ2v) is 10.4. The number of hydrogen-bond acceptors (Lipinski definition) is 7. The molecule has 3 aromatic carbocycles. The largest absolute Gasteiger partial charge is 0.495 e. The highest BCUT2D eigenvalue weighted by atomic mass is 79.9. The Morgan fingerprint density at radius 2 is 1.87 bits per heavy atom. The number of imide groups is 1. The van der Waals surface area contributed by atoms with Gasteiger partial charge in [0.25, 0.3) is 11.1 Å². The van der Waals surface area contributed by atoms with Crippen molar-refractivity contribution in [3.05, 3.63) is 85.9 Å². The van der Waals surface area contributed by atoms with Crippen molar-refractivity contribution in [2.24, 2.45) is 0 Å². The van der Waals surface area contributed by atoms with E-state index in [1.54, 1.807) is 36.4 Å². The van der Waals surface area contributed by atoms with Gasteiger partial charge in [0.05, 0.1) is 28.6 Å². The fraction of sp³-hybridized carbons (Fsp3) is 0.148. The van der Waals surface area contributed by atoms with E-state index in [0.717, 1.165) is 16.7 Å². The summed E-state index contributed by atoms with van der Waals surface area (Å²) in [5.74, 6) is -0.334. The van der Waals surface area contributed by atoms with Crippen molar-refractivity contribution in [2.75, 3.05) is 26.1 Å². The van der Waals surface area contributed by atoms with E-state index in [9.17, 15) is 18.8 Å². The van der Waals surface area contributed by atoms with E-state index in [4.69, 9.17) is 25.8 Å². The molecule has 1 aliphatic rings. The van der Waals surface area contributed by atoms with E-state index in [-0.39, 0.29) is 17.3 Å². The molecule has 1 N–H and O–H groups in total. The maximum absolute atomic E-state index is 13.5. The second-order valence-electron chi connectivity index (χ2n) is 8.12. The molecule has 3 amide bonds. The van der Waals surface area contributed by atoms with Crippen molar-refractivity contribution in [2.45, 2.75) is 6.61 Å². The molecule has 0 saturated carbocycles. The Hall–Kier alpha value is -3.54. The van der Waals surface area contributed by atoms with Crippen molar-refractivity contribution < 1.29 is 33.0 Å². The molecule has 202 valence electrons. The third-order valence-corrected chi connectivity index (χ3v) is 7.22. The third kappa shape index (κ3) is 6.92. The minimum atomic E-state index is -0.602. The van der Waals surface area contributed by atoms with Gasteiger partial charge in [-0.05, 0) is 87.4 Å². The molecular formula is C27H21BrClFN2O6S. The zero-order chi connectivity index (χ0) is 28.1. The number of carbonyl (C=O) groups is 3. The summed E-state index contributed by atoms with van der Waals surface area (Å²) in [6.07, 6.45) is 1.52. The van der Waals surface area contributed by atoms with Crippen LogP contribution >= 0.6 is 39.3 Å². The highest BCUT2D eigenvalue weighted by Gasteiger charge is 2.36. The standard InChI is InChI=1S/C27H21BrClFN2O6S/c1-36-21-7-6-18(12-20(21)29)31-24(33)13-32-26(34)23(39-27(32)35)11-16-9-19(28)25(22(10-16)37-2)38-14-15-4-3-5-17(30)8-15/h3-12H,13-14H2,1-2H3,(H,31,33)/b23-11+. The van der Waals surface area contributed by atoms with Crippen molar-refractivity contribution in [3.8, 4) is 17.2 Å². The predicted octanol–water partition coefficient (Wildman–Crippen LogP) is 6.51. The highest BCUT2D eigenvalue weighted by molar-refractivity contribution is 9.10. The summed E-state index contributed by atoms with van der Waals surface area (Å²) < 4.78 is 30.4. The van der Waals surface area contributed by atoms with Gasteiger partial charge in [-0.2, -0.15) is 0 Å². The smallest absolute Gasteiger partial charge is 0.294 e. The van der Waals surface area contributed by atoms with Crippen LogP contribution in [0.4, 0.5) is 14.9 Å². The van der Waals surface area contributed by atoms with E-state index in [1.165, 1.54) is 38.5 Å². The zero-order valence-corrected chi connectivity index (χ0v) is 23.8. The van der Waals surface area contributed by atoms with E-state index in [2.05, 4.69) is 21.2 Å². The fourth-order valence-electron chi connectivity index (χ4n) is 3.62. The minimum absolute atomic E-state index is 0.107. The first-order valence-electron chi connectivity index (χ1n) is 11.3. The number of methoxy groups -OCH3 is 2.